The number of likely N-dealkylation sites (tertiary alicyclic amines) is 1. The van der Waals surface area contributed by atoms with Crippen molar-refractivity contribution in [3.05, 3.63) is 80.3 Å². The Balaban J connectivity index is 1.68. The first-order valence-corrected chi connectivity index (χ1v) is 17.9. The van der Waals surface area contributed by atoms with Gasteiger partial charge in [0, 0.05) is 42.2 Å². The number of carbonyl (C=O) groups excluding carboxylic acids is 2. The third-order valence-corrected chi connectivity index (χ3v) is 10.7. The summed E-state index contributed by atoms with van der Waals surface area (Å²) in [5, 5.41) is 11.6. The van der Waals surface area contributed by atoms with Crippen molar-refractivity contribution < 1.29 is 40.7 Å². The molecule has 1 aromatic carbocycles. The van der Waals surface area contributed by atoms with E-state index in [1.807, 2.05) is 6.92 Å². The Bertz CT molecular complexity index is 1810. The molecule has 0 spiro atoms. The molecule has 15 heteroatoms. The van der Waals surface area contributed by atoms with Gasteiger partial charge in [-0.25, -0.2) is 0 Å². The molecule has 2 aromatic heterocycles. The number of ether oxygens (including phenoxy) is 1. The Morgan fingerprint density at radius 1 is 1.10 bits per heavy atom. The maximum Gasteiger partial charge on any atom is 0.425 e. The number of amides is 2. The van der Waals surface area contributed by atoms with Crippen LogP contribution in [0.25, 0.3) is 0 Å². The third kappa shape index (κ3) is 7.99. The number of fused-ring (bicyclic) bond motifs is 1. The van der Waals surface area contributed by atoms with E-state index < -0.39 is 63.4 Å². The van der Waals surface area contributed by atoms with Crippen LogP contribution >= 0.6 is 22.9 Å². The standard InChI is InChI=1S/C36H37ClF6N4O3S/c1-4-5-9-28-34(50-24-18-29(51-20-24)36(41,42)43,13-7-15-47(28)31(48)30-26(35(38,39)40)8-6-14-45-30)32(49)46-16-12-22-17-23(37)10-11-25(22)27(46)19-33(2,3)21-44/h6,8,10-11,14,17-18,20,27-28H,4-5,7,9,12-13,15-16,19H2,1-3H3/t27?,28-,34+/m1/s1. The van der Waals surface area contributed by atoms with Crippen LogP contribution in [0.5, 0.6) is 5.75 Å². The van der Waals surface area contributed by atoms with Gasteiger partial charge in [-0.2, -0.15) is 31.6 Å². The number of carbonyl (C=O) groups is 2. The first-order chi connectivity index (χ1) is 23.9. The molecular formula is C36H37ClF6N4O3S. The Kier molecular flexibility index (Phi) is 11.0. The van der Waals surface area contributed by atoms with E-state index in [-0.39, 0.29) is 44.5 Å². The zero-order chi connectivity index (χ0) is 37.4. The van der Waals surface area contributed by atoms with E-state index in [1.165, 1.54) is 4.90 Å². The number of halogens is 7. The van der Waals surface area contributed by atoms with Crippen LogP contribution in [0.3, 0.4) is 0 Å². The number of pyridine rings is 1. The molecule has 2 aliphatic rings. The summed E-state index contributed by atoms with van der Waals surface area (Å²) in [4.78, 5) is 35.2. The van der Waals surface area contributed by atoms with Crippen LogP contribution in [-0.4, -0.2) is 51.3 Å². The lowest BCUT2D eigenvalue weighted by atomic mass is 9.76. The number of benzene rings is 1. The van der Waals surface area contributed by atoms with Gasteiger partial charge in [0.15, 0.2) is 0 Å². The van der Waals surface area contributed by atoms with E-state index in [9.17, 15) is 36.4 Å². The second kappa shape index (κ2) is 14.7. The largest absolute Gasteiger partial charge is 0.474 e. The summed E-state index contributed by atoms with van der Waals surface area (Å²) in [5.74, 6) is -1.94. The number of unbranched alkanes of at least 4 members (excludes halogenated alkanes) is 1. The maximum atomic E-state index is 15.4. The zero-order valence-electron chi connectivity index (χ0n) is 28.2. The van der Waals surface area contributed by atoms with Crippen LogP contribution in [0.4, 0.5) is 26.3 Å². The first kappa shape index (κ1) is 38.4. The Hall–Kier alpha value is -3.83. The molecule has 1 unspecified atom stereocenters. The fraction of sp³-hybridized carbons (Fsp3) is 0.500. The number of thiophene rings is 1. The summed E-state index contributed by atoms with van der Waals surface area (Å²) in [6.07, 6.45) is -6.82. The molecule has 1 saturated heterocycles. The molecule has 1 fully saturated rings. The van der Waals surface area contributed by atoms with Crippen LogP contribution in [0.15, 0.2) is 48.0 Å². The molecule has 0 aliphatic carbocycles. The molecule has 5 rings (SSSR count). The summed E-state index contributed by atoms with van der Waals surface area (Å²) >= 11 is 6.69. The van der Waals surface area contributed by atoms with E-state index >= 15 is 4.79 Å². The average molecular weight is 755 g/mol. The van der Waals surface area contributed by atoms with Crippen molar-refractivity contribution in [2.45, 2.75) is 95.8 Å². The lowest BCUT2D eigenvalue weighted by Gasteiger charge is -2.52. The van der Waals surface area contributed by atoms with Gasteiger partial charge < -0.3 is 14.5 Å². The third-order valence-electron chi connectivity index (χ3n) is 9.52. The highest BCUT2D eigenvalue weighted by Gasteiger charge is 2.57. The molecule has 51 heavy (non-hydrogen) atoms. The number of hydrogen-bond acceptors (Lipinski definition) is 6. The predicted molar refractivity (Wildman–Crippen MR) is 179 cm³/mol. The molecule has 7 nitrogen and oxygen atoms in total. The minimum atomic E-state index is -4.91. The van der Waals surface area contributed by atoms with Crippen molar-refractivity contribution in [2.24, 2.45) is 5.41 Å². The average Bonchev–Trinajstić information content (AvgIpc) is 3.55. The molecule has 2 aliphatic heterocycles. The van der Waals surface area contributed by atoms with Crippen molar-refractivity contribution in [1.29, 1.82) is 5.26 Å². The minimum absolute atomic E-state index is 0.0339. The van der Waals surface area contributed by atoms with Crippen molar-refractivity contribution in [2.75, 3.05) is 13.1 Å². The fourth-order valence-electron chi connectivity index (χ4n) is 7.12. The summed E-state index contributed by atoms with van der Waals surface area (Å²) < 4.78 is 90.1. The summed E-state index contributed by atoms with van der Waals surface area (Å²) in [6, 6.07) is 8.27. The SMILES string of the molecule is CCCC[C@H]1N(C(=O)c2ncccc2C(F)(F)F)CCC[C@@]1(Oc1csc(C(F)(F)F)c1)C(=O)N1CCc2cc(Cl)ccc2C1CC(C)(C)C#N. The van der Waals surface area contributed by atoms with Gasteiger partial charge in [-0.3, -0.25) is 14.6 Å². The topological polar surface area (TPSA) is 86.5 Å². The molecular weight excluding hydrogens is 718 g/mol. The number of piperidine rings is 1. The molecule has 0 N–H and O–H groups in total. The Morgan fingerprint density at radius 3 is 2.49 bits per heavy atom. The molecule has 0 bridgehead atoms. The number of rotatable bonds is 9. The van der Waals surface area contributed by atoms with Gasteiger partial charge in [0.25, 0.3) is 11.8 Å². The van der Waals surface area contributed by atoms with Gasteiger partial charge in [0.05, 0.1) is 29.1 Å². The van der Waals surface area contributed by atoms with Crippen molar-refractivity contribution >= 4 is 34.8 Å². The van der Waals surface area contributed by atoms with Crippen LogP contribution in [-0.2, 0) is 23.6 Å². The van der Waals surface area contributed by atoms with Crippen LogP contribution in [0.1, 0.15) is 97.4 Å². The van der Waals surface area contributed by atoms with E-state index in [2.05, 4.69) is 11.1 Å². The van der Waals surface area contributed by atoms with Gasteiger partial charge in [0.1, 0.15) is 16.3 Å². The van der Waals surface area contributed by atoms with Crippen LogP contribution in [0.2, 0.25) is 5.02 Å². The van der Waals surface area contributed by atoms with Gasteiger partial charge >= 0.3 is 12.4 Å². The highest BCUT2D eigenvalue weighted by Crippen LogP contribution is 2.46. The van der Waals surface area contributed by atoms with E-state index in [0.717, 1.165) is 40.9 Å². The molecule has 4 heterocycles. The highest BCUT2D eigenvalue weighted by atomic mass is 35.5. The Labute approximate surface area is 301 Å². The van der Waals surface area contributed by atoms with Gasteiger partial charge in [-0.15, -0.1) is 11.3 Å². The fourth-order valence-corrected chi connectivity index (χ4v) is 7.99. The summed E-state index contributed by atoms with van der Waals surface area (Å²) in [7, 11) is 0. The second-order valence-electron chi connectivity index (χ2n) is 13.6. The minimum Gasteiger partial charge on any atom is -0.474 e. The normalized spacial score (nSPS) is 21.2. The number of aromatic nitrogens is 1. The van der Waals surface area contributed by atoms with E-state index in [1.54, 1.807) is 36.9 Å². The highest BCUT2D eigenvalue weighted by molar-refractivity contribution is 7.10. The quantitative estimate of drug-likeness (QED) is 0.203. The van der Waals surface area contributed by atoms with Crippen LogP contribution < -0.4 is 4.74 Å². The molecule has 3 aromatic rings. The van der Waals surface area contributed by atoms with Crippen molar-refractivity contribution in [3.8, 4) is 11.8 Å². The smallest absolute Gasteiger partial charge is 0.425 e. The Morgan fingerprint density at radius 2 is 1.84 bits per heavy atom. The maximum absolute atomic E-state index is 15.4. The lowest BCUT2D eigenvalue weighted by Crippen LogP contribution is -2.68. The number of nitriles is 1. The van der Waals surface area contributed by atoms with Gasteiger partial charge in [-0.05, 0) is 74.9 Å². The van der Waals surface area contributed by atoms with Gasteiger partial charge in [0.2, 0.25) is 5.60 Å². The molecule has 2 amide bonds. The lowest BCUT2D eigenvalue weighted by molar-refractivity contribution is -0.163. The number of alkyl halides is 6. The summed E-state index contributed by atoms with van der Waals surface area (Å²) in [5.41, 5.74) is -3.41. The molecule has 0 saturated carbocycles. The molecule has 3 atom stereocenters. The number of nitrogens with zero attached hydrogens (tertiary/aromatic N) is 4. The second-order valence-corrected chi connectivity index (χ2v) is 14.9. The van der Waals surface area contributed by atoms with Gasteiger partial charge in [-0.1, -0.05) is 37.4 Å². The van der Waals surface area contributed by atoms with Crippen LogP contribution in [0, 0.1) is 16.7 Å². The first-order valence-electron chi connectivity index (χ1n) is 16.6. The molecule has 274 valence electrons. The monoisotopic (exact) mass is 754 g/mol. The zero-order valence-corrected chi connectivity index (χ0v) is 29.8. The van der Waals surface area contributed by atoms with Crippen molar-refractivity contribution in [1.82, 2.24) is 14.8 Å². The predicted octanol–water partition coefficient (Wildman–Crippen LogP) is 9.51. The van der Waals surface area contributed by atoms with E-state index in [4.69, 9.17) is 16.3 Å². The van der Waals surface area contributed by atoms with Crippen molar-refractivity contribution in [3.63, 3.8) is 0 Å². The van der Waals surface area contributed by atoms with E-state index in [0.29, 0.717) is 35.6 Å². The number of hydrogen-bond donors (Lipinski definition) is 0. The summed E-state index contributed by atoms with van der Waals surface area (Å²) in [6.45, 7) is 5.41. The molecule has 0 radical (unpaired) electrons.